The molecule has 1 fully saturated rings. The third-order valence-corrected chi connectivity index (χ3v) is 4.98. The quantitative estimate of drug-likeness (QED) is 0.472. The van der Waals surface area contributed by atoms with Crippen molar-refractivity contribution in [2.75, 3.05) is 18.5 Å². The first-order chi connectivity index (χ1) is 13.9. The monoisotopic (exact) mass is 395 g/mol. The second-order valence-electron chi connectivity index (χ2n) is 6.87. The highest BCUT2D eigenvalue weighted by Crippen LogP contribution is 2.27. The number of fused-ring (bicyclic) bond motifs is 1. The predicted molar refractivity (Wildman–Crippen MR) is 102 cm³/mol. The summed E-state index contributed by atoms with van der Waals surface area (Å²) in [5.41, 5.74) is 0.996. The lowest BCUT2D eigenvalue weighted by molar-refractivity contribution is -0.384. The average molecular weight is 395 g/mol. The summed E-state index contributed by atoms with van der Waals surface area (Å²) < 4.78 is 5.51. The van der Waals surface area contributed by atoms with Crippen molar-refractivity contribution in [2.45, 2.75) is 18.9 Å². The summed E-state index contributed by atoms with van der Waals surface area (Å²) in [6.07, 6.45) is 1.58. The smallest absolute Gasteiger partial charge is 0.269 e. The van der Waals surface area contributed by atoms with Crippen LogP contribution in [0.1, 0.15) is 43.9 Å². The van der Waals surface area contributed by atoms with Crippen LogP contribution in [-0.4, -0.2) is 46.8 Å². The highest BCUT2D eigenvalue weighted by atomic mass is 16.6. The molecule has 1 unspecified atom stereocenters. The lowest BCUT2D eigenvalue weighted by atomic mass is 10.1. The van der Waals surface area contributed by atoms with Gasteiger partial charge >= 0.3 is 0 Å². The Labute approximate surface area is 165 Å². The molecule has 1 saturated heterocycles. The Morgan fingerprint density at radius 2 is 1.86 bits per heavy atom. The van der Waals surface area contributed by atoms with Gasteiger partial charge in [0.25, 0.3) is 23.4 Å². The summed E-state index contributed by atoms with van der Waals surface area (Å²) in [5.74, 6) is -1.26. The largest absolute Gasteiger partial charge is 0.376 e. The Morgan fingerprint density at radius 1 is 1.14 bits per heavy atom. The van der Waals surface area contributed by atoms with E-state index in [9.17, 15) is 24.5 Å². The molecule has 9 heteroatoms. The Kier molecular flexibility index (Phi) is 4.81. The number of nitro benzene ring substituents is 1. The SMILES string of the molecule is O=C(Nc1ccc2c(c1)C(=O)N(CC1CCCO1)C2=O)c1ccc([N+](=O)[O-])cc1. The number of benzene rings is 2. The summed E-state index contributed by atoms with van der Waals surface area (Å²) in [6, 6.07) is 9.69. The zero-order chi connectivity index (χ0) is 20.5. The van der Waals surface area contributed by atoms with Gasteiger partial charge in [-0.1, -0.05) is 0 Å². The fourth-order valence-electron chi connectivity index (χ4n) is 3.46. The molecule has 0 saturated carbocycles. The topological polar surface area (TPSA) is 119 Å². The standard InChI is InChI=1S/C20H17N3O6/c24-18(12-3-6-14(7-4-12)23(27)28)21-13-5-8-16-17(10-13)20(26)22(19(16)25)11-15-2-1-9-29-15/h3-8,10,15H,1-2,9,11H2,(H,21,24). The van der Waals surface area contributed by atoms with E-state index in [1.165, 1.54) is 41.3 Å². The first kappa shape index (κ1) is 18.8. The van der Waals surface area contributed by atoms with Crippen LogP contribution in [0.25, 0.3) is 0 Å². The molecule has 0 aromatic heterocycles. The van der Waals surface area contributed by atoms with Crippen LogP contribution < -0.4 is 5.32 Å². The Balaban J connectivity index is 1.49. The van der Waals surface area contributed by atoms with Gasteiger partial charge in [-0.15, -0.1) is 0 Å². The molecule has 2 aliphatic rings. The van der Waals surface area contributed by atoms with Gasteiger partial charge in [-0.3, -0.25) is 29.4 Å². The van der Waals surface area contributed by atoms with E-state index >= 15 is 0 Å². The highest BCUT2D eigenvalue weighted by molar-refractivity contribution is 6.22. The van der Waals surface area contributed by atoms with Crippen LogP contribution in [0, 0.1) is 10.1 Å². The van der Waals surface area contributed by atoms with Gasteiger partial charge in [-0.05, 0) is 43.2 Å². The lowest BCUT2D eigenvalue weighted by Crippen LogP contribution is -2.36. The maximum Gasteiger partial charge on any atom is 0.269 e. The third-order valence-electron chi connectivity index (χ3n) is 4.98. The molecule has 2 aromatic rings. The zero-order valence-corrected chi connectivity index (χ0v) is 15.3. The van der Waals surface area contributed by atoms with Crippen LogP contribution in [-0.2, 0) is 4.74 Å². The van der Waals surface area contributed by atoms with E-state index in [4.69, 9.17) is 4.74 Å². The molecule has 0 spiro atoms. The van der Waals surface area contributed by atoms with Crippen LogP contribution >= 0.6 is 0 Å². The molecular formula is C20H17N3O6. The Hall–Kier alpha value is -3.59. The predicted octanol–water partition coefficient (Wildman–Crippen LogP) is 2.62. The number of carbonyl (C=O) groups excluding carboxylic acids is 3. The van der Waals surface area contributed by atoms with Crippen molar-refractivity contribution in [2.24, 2.45) is 0 Å². The number of nitrogens with one attached hydrogen (secondary N) is 1. The van der Waals surface area contributed by atoms with Gasteiger partial charge in [0.15, 0.2) is 0 Å². The minimum Gasteiger partial charge on any atom is -0.376 e. The average Bonchev–Trinajstić information content (AvgIpc) is 3.31. The maximum atomic E-state index is 12.7. The molecule has 2 aromatic carbocycles. The van der Waals surface area contributed by atoms with Crippen molar-refractivity contribution < 1.29 is 24.0 Å². The number of rotatable bonds is 5. The molecule has 2 heterocycles. The van der Waals surface area contributed by atoms with Crippen molar-refractivity contribution in [3.05, 3.63) is 69.3 Å². The first-order valence-electron chi connectivity index (χ1n) is 9.11. The first-order valence-corrected chi connectivity index (χ1v) is 9.11. The zero-order valence-electron chi connectivity index (χ0n) is 15.3. The molecule has 148 valence electrons. The molecule has 9 nitrogen and oxygen atoms in total. The number of hydrogen-bond acceptors (Lipinski definition) is 6. The van der Waals surface area contributed by atoms with E-state index in [0.717, 1.165) is 12.8 Å². The molecule has 4 rings (SSSR count). The highest BCUT2D eigenvalue weighted by Gasteiger charge is 2.37. The molecule has 3 amide bonds. The number of non-ortho nitro benzene ring substituents is 1. The molecule has 0 aliphatic carbocycles. The van der Waals surface area contributed by atoms with E-state index in [1.807, 2.05) is 0 Å². The fourth-order valence-corrected chi connectivity index (χ4v) is 3.46. The number of carbonyl (C=O) groups is 3. The summed E-state index contributed by atoms with van der Waals surface area (Å²) in [7, 11) is 0. The van der Waals surface area contributed by atoms with Crippen molar-refractivity contribution >= 4 is 29.1 Å². The van der Waals surface area contributed by atoms with Gasteiger partial charge < -0.3 is 10.1 Å². The summed E-state index contributed by atoms with van der Waals surface area (Å²) in [4.78, 5) is 48.9. The summed E-state index contributed by atoms with van der Waals surface area (Å²) in [5, 5.41) is 13.4. The van der Waals surface area contributed by atoms with Crippen molar-refractivity contribution in [3.63, 3.8) is 0 Å². The van der Waals surface area contributed by atoms with Gasteiger partial charge in [0, 0.05) is 30.0 Å². The number of nitro groups is 1. The summed E-state index contributed by atoms with van der Waals surface area (Å²) in [6.45, 7) is 0.851. The van der Waals surface area contributed by atoms with Crippen LogP contribution in [0.5, 0.6) is 0 Å². The second-order valence-corrected chi connectivity index (χ2v) is 6.87. The number of hydrogen-bond donors (Lipinski definition) is 1. The van der Waals surface area contributed by atoms with Gasteiger partial charge in [-0.25, -0.2) is 0 Å². The molecule has 2 aliphatic heterocycles. The van der Waals surface area contributed by atoms with Gasteiger partial charge in [0.1, 0.15) is 0 Å². The molecule has 1 N–H and O–H groups in total. The van der Waals surface area contributed by atoms with Crippen LogP contribution in [0.3, 0.4) is 0 Å². The number of imide groups is 1. The number of amides is 3. The van der Waals surface area contributed by atoms with Crippen molar-refractivity contribution in [1.29, 1.82) is 0 Å². The molecule has 0 bridgehead atoms. The van der Waals surface area contributed by atoms with Crippen LogP contribution in [0.15, 0.2) is 42.5 Å². The normalized spacial score (nSPS) is 18.1. The van der Waals surface area contributed by atoms with Gasteiger partial charge in [0.05, 0.1) is 28.7 Å². The van der Waals surface area contributed by atoms with Crippen molar-refractivity contribution in [3.8, 4) is 0 Å². The van der Waals surface area contributed by atoms with Gasteiger partial charge in [-0.2, -0.15) is 0 Å². The molecule has 29 heavy (non-hydrogen) atoms. The molecule has 1 atom stereocenters. The van der Waals surface area contributed by atoms with E-state index in [0.29, 0.717) is 17.9 Å². The third kappa shape index (κ3) is 3.59. The van der Waals surface area contributed by atoms with Crippen LogP contribution in [0.2, 0.25) is 0 Å². The van der Waals surface area contributed by atoms with Crippen molar-refractivity contribution in [1.82, 2.24) is 4.90 Å². The number of anilines is 1. The minimum atomic E-state index is -0.548. The Morgan fingerprint density at radius 3 is 2.52 bits per heavy atom. The Bertz CT molecular complexity index is 1010. The van der Waals surface area contributed by atoms with Crippen LogP contribution in [0.4, 0.5) is 11.4 Å². The van der Waals surface area contributed by atoms with E-state index < -0.39 is 16.7 Å². The minimum absolute atomic E-state index is 0.116. The van der Waals surface area contributed by atoms with E-state index in [2.05, 4.69) is 5.32 Å². The lowest BCUT2D eigenvalue weighted by Gasteiger charge is -2.17. The number of nitrogens with zero attached hydrogens (tertiary/aromatic N) is 2. The molecular weight excluding hydrogens is 378 g/mol. The fraction of sp³-hybridized carbons (Fsp3) is 0.250. The van der Waals surface area contributed by atoms with E-state index in [-0.39, 0.29) is 35.4 Å². The molecule has 0 radical (unpaired) electrons. The maximum absolute atomic E-state index is 12.7. The van der Waals surface area contributed by atoms with E-state index in [1.54, 1.807) is 6.07 Å². The second kappa shape index (κ2) is 7.44. The summed E-state index contributed by atoms with van der Waals surface area (Å²) >= 11 is 0. The number of ether oxygens (including phenoxy) is 1. The van der Waals surface area contributed by atoms with Gasteiger partial charge in [0.2, 0.25) is 0 Å².